The van der Waals surface area contributed by atoms with Crippen LogP contribution in [0.15, 0.2) is 58.8 Å². The van der Waals surface area contributed by atoms with E-state index in [1.54, 1.807) is 18.4 Å². The van der Waals surface area contributed by atoms with Crippen LogP contribution in [0.2, 0.25) is 0 Å². The lowest BCUT2D eigenvalue weighted by molar-refractivity contribution is -0.118. The molecule has 1 unspecified atom stereocenters. The summed E-state index contributed by atoms with van der Waals surface area (Å²) in [6.45, 7) is 2.97. The van der Waals surface area contributed by atoms with Gasteiger partial charge in [-0.2, -0.15) is 0 Å². The number of thioether (sulfide) groups is 1. The zero-order chi connectivity index (χ0) is 19.5. The highest BCUT2D eigenvalue weighted by atomic mass is 32.2. The monoisotopic (exact) mass is 410 g/mol. The van der Waals surface area contributed by atoms with Gasteiger partial charge in [0.1, 0.15) is 10.8 Å². The molecule has 0 saturated carbocycles. The Morgan fingerprint density at radius 1 is 1.21 bits per heavy atom. The molecule has 1 aliphatic rings. The van der Waals surface area contributed by atoms with E-state index in [0.717, 1.165) is 40.7 Å². The molecule has 0 spiro atoms. The van der Waals surface area contributed by atoms with E-state index in [-0.39, 0.29) is 5.91 Å². The van der Waals surface area contributed by atoms with E-state index in [4.69, 9.17) is 9.72 Å². The number of hydrogen-bond acceptors (Lipinski definition) is 5. The van der Waals surface area contributed by atoms with Crippen LogP contribution in [0.5, 0.6) is 5.75 Å². The number of anilines is 1. The quantitative estimate of drug-likeness (QED) is 0.587. The van der Waals surface area contributed by atoms with E-state index in [2.05, 4.69) is 13.0 Å². The third kappa shape index (κ3) is 4.08. The second-order valence-electron chi connectivity index (χ2n) is 6.78. The van der Waals surface area contributed by atoms with Crippen LogP contribution in [0.1, 0.15) is 19.0 Å². The summed E-state index contributed by atoms with van der Waals surface area (Å²) >= 11 is 3.41. The predicted molar refractivity (Wildman–Crippen MR) is 117 cm³/mol. The molecule has 28 heavy (non-hydrogen) atoms. The average molecular weight is 411 g/mol. The van der Waals surface area contributed by atoms with Gasteiger partial charge in [0, 0.05) is 27.6 Å². The van der Waals surface area contributed by atoms with E-state index in [9.17, 15) is 4.79 Å². The molecular weight excluding hydrogens is 388 g/mol. The number of aromatic nitrogens is 1. The Morgan fingerprint density at radius 3 is 2.79 bits per heavy atom. The zero-order valence-corrected chi connectivity index (χ0v) is 17.6. The number of benzene rings is 2. The average Bonchev–Trinajstić information content (AvgIpc) is 3.10. The molecule has 0 saturated heterocycles. The van der Waals surface area contributed by atoms with Crippen molar-refractivity contribution in [2.45, 2.75) is 29.9 Å². The van der Waals surface area contributed by atoms with Crippen molar-refractivity contribution >= 4 is 34.7 Å². The summed E-state index contributed by atoms with van der Waals surface area (Å²) < 4.78 is 5.21. The van der Waals surface area contributed by atoms with Gasteiger partial charge in [-0.05, 0) is 42.8 Å². The number of carbonyl (C=O) groups excluding carboxylic acids is 1. The van der Waals surface area contributed by atoms with Crippen LogP contribution in [0.4, 0.5) is 5.69 Å². The van der Waals surface area contributed by atoms with Crippen molar-refractivity contribution in [3.63, 3.8) is 0 Å². The first kappa shape index (κ1) is 19.0. The predicted octanol–water partition coefficient (Wildman–Crippen LogP) is 5.28. The van der Waals surface area contributed by atoms with Crippen LogP contribution in [0.3, 0.4) is 0 Å². The van der Waals surface area contributed by atoms with Crippen molar-refractivity contribution in [2.24, 2.45) is 0 Å². The van der Waals surface area contributed by atoms with Crippen LogP contribution in [0.25, 0.3) is 10.6 Å². The molecule has 4 nitrogen and oxygen atoms in total. The fourth-order valence-corrected chi connectivity index (χ4v) is 5.19. The molecule has 0 aliphatic carbocycles. The number of nitrogens with zero attached hydrogens (tertiary/aromatic N) is 2. The Bertz CT molecular complexity index is 969. The maximum absolute atomic E-state index is 13.1. The highest BCUT2D eigenvalue weighted by Gasteiger charge is 2.24. The number of rotatable bonds is 4. The van der Waals surface area contributed by atoms with Gasteiger partial charge in [-0.1, -0.05) is 19.1 Å². The second kappa shape index (κ2) is 8.37. The lowest BCUT2D eigenvalue weighted by Gasteiger charge is -2.22. The van der Waals surface area contributed by atoms with Gasteiger partial charge >= 0.3 is 0 Å². The number of methoxy groups -OCH3 is 1. The standard InChI is InChI=1S/C22H22N2O2S2/c1-15-11-12-24(19-5-3-4-6-20(19)28-15)21(25)13-17-14-27-22(23-17)16-7-9-18(26-2)10-8-16/h3-10,14-15H,11-13H2,1-2H3. The number of fused-ring (bicyclic) bond motifs is 1. The van der Waals surface area contributed by atoms with Crippen LogP contribution in [-0.4, -0.2) is 29.8 Å². The van der Waals surface area contributed by atoms with Crippen LogP contribution < -0.4 is 9.64 Å². The molecule has 0 fully saturated rings. The number of thiazole rings is 1. The first-order valence-electron chi connectivity index (χ1n) is 9.29. The van der Waals surface area contributed by atoms with E-state index >= 15 is 0 Å². The third-order valence-electron chi connectivity index (χ3n) is 4.77. The summed E-state index contributed by atoms with van der Waals surface area (Å²) in [5.41, 5.74) is 2.88. The lowest BCUT2D eigenvalue weighted by Crippen LogP contribution is -2.33. The fraction of sp³-hybridized carbons (Fsp3) is 0.273. The molecule has 2 heterocycles. The van der Waals surface area contributed by atoms with Gasteiger partial charge in [0.25, 0.3) is 0 Å². The molecule has 0 radical (unpaired) electrons. The van der Waals surface area contributed by atoms with Gasteiger partial charge in [-0.3, -0.25) is 4.79 Å². The Balaban J connectivity index is 1.52. The van der Waals surface area contributed by atoms with E-state index in [1.165, 1.54) is 4.90 Å². The maximum atomic E-state index is 13.1. The molecule has 0 bridgehead atoms. The van der Waals surface area contributed by atoms with Gasteiger partial charge in [0.2, 0.25) is 5.91 Å². The van der Waals surface area contributed by atoms with Gasteiger partial charge in [0.15, 0.2) is 0 Å². The summed E-state index contributed by atoms with van der Waals surface area (Å²) in [5, 5.41) is 3.41. The minimum absolute atomic E-state index is 0.105. The summed E-state index contributed by atoms with van der Waals surface area (Å²) in [6.07, 6.45) is 1.30. The van der Waals surface area contributed by atoms with Crippen molar-refractivity contribution in [3.8, 4) is 16.3 Å². The van der Waals surface area contributed by atoms with E-state index in [0.29, 0.717) is 11.7 Å². The fourth-order valence-electron chi connectivity index (χ4n) is 3.25. The van der Waals surface area contributed by atoms with Gasteiger partial charge < -0.3 is 9.64 Å². The van der Waals surface area contributed by atoms with Crippen molar-refractivity contribution in [1.82, 2.24) is 4.98 Å². The van der Waals surface area contributed by atoms with Crippen LogP contribution in [0, 0.1) is 0 Å². The summed E-state index contributed by atoms with van der Waals surface area (Å²) in [4.78, 5) is 20.9. The minimum atomic E-state index is 0.105. The molecule has 4 rings (SSSR count). The molecule has 1 aromatic heterocycles. The first-order valence-corrected chi connectivity index (χ1v) is 11.0. The number of hydrogen-bond donors (Lipinski definition) is 0. The summed E-state index contributed by atoms with van der Waals surface area (Å²) in [6, 6.07) is 16.0. The molecule has 1 aliphatic heterocycles. The van der Waals surface area contributed by atoms with Crippen molar-refractivity contribution in [3.05, 3.63) is 59.6 Å². The van der Waals surface area contributed by atoms with Crippen molar-refractivity contribution < 1.29 is 9.53 Å². The lowest BCUT2D eigenvalue weighted by atomic mass is 10.2. The van der Waals surface area contributed by atoms with Crippen molar-refractivity contribution in [1.29, 1.82) is 0 Å². The topological polar surface area (TPSA) is 42.4 Å². The normalized spacial score (nSPS) is 16.4. The smallest absolute Gasteiger partial charge is 0.233 e. The molecule has 3 aromatic rings. The van der Waals surface area contributed by atoms with Gasteiger partial charge in [0.05, 0.1) is 24.9 Å². The number of para-hydroxylation sites is 1. The number of ether oxygens (including phenoxy) is 1. The summed E-state index contributed by atoms with van der Waals surface area (Å²) in [7, 11) is 1.66. The zero-order valence-electron chi connectivity index (χ0n) is 15.9. The van der Waals surface area contributed by atoms with E-state index < -0.39 is 0 Å². The van der Waals surface area contributed by atoms with Gasteiger partial charge in [-0.15, -0.1) is 23.1 Å². The largest absolute Gasteiger partial charge is 0.497 e. The van der Waals surface area contributed by atoms with E-state index in [1.807, 2.05) is 64.5 Å². The van der Waals surface area contributed by atoms with Crippen LogP contribution >= 0.6 is 23.1 Å². The van der Waals surface area contributed by atoms with Crippen LogP contribution in [-0.2, 0) is 11.2 Å². The Hall–Kier alpha value is -2.31. The Morgan fingerprint density at radius 2 is 2.00 bits per heavy atom. The molecule has 6 heteroatoms. The Labute approximate surface area is 173 Å². The molecule has 1 amide bonds. The SMILES string of the molecule is COc1ccc(-c2nc(CC(=O)N3CCC(C)Sc4ccccc43)cs2)cc1. The van der Waals surface area contributed by atoms with Crippen molar-refractivity contribution in [2.75, 3.05) is 18.6 Å². The highest BCUT2D eigenvalue weighted by Crippen LogP contribution is 2.37. The first-order chi connectivity index (χ1) is 13.6. The highest BCUT2D eigenvalue weighted by molar-refractivity contribution is 8.00. The third-order valence-corrected chi connectivity index (χ3v) is 6.94. The number of amides is 1. The Kier molecular flexibility index (Phi) is 5.69. The molecule has 0 N–H and O–H groups in total. The molecule has 1 atom stereocenters. The summed E-state index contributed by atoms with van der Waals surface area (Å²) in [5.74, 6) is 0.927. The maximum Gasteiger partial charge on any atom is 0.233 e. The molecule has 2 aromatic carbocycles. The second-order valence-corrected chi connectivity index (χ2v) is 9.12. The number of carbonyl (C=O) groups is 1. The molecule has 144 valence electrons. The molecular formula is C22H22N2O2S2. The van der Waals surface area contributed by atoms with Gasteiger partial charge in [-0.25, -0.2) is 4.98 Å². The minimum Gasteiger partial charge on any atom is -0.497 e.